The second-order valence-electron chi connectivity index (χ2n) is 3.64. The van der Waals surface area contributed by atoms with Crippen LogP contribution in [0.3, 0.4) is 0 Å². The van der Waals surface area contributed by atoms with E-state index in [4.69, 9.17) is 10.8 Å². The number of hydrogen-bond donors (Lipinski definition) is 2. The van der Waals surface area contributed by atoms with Gasteiger partial charge in [0, 0.05) is 26.1 Å². The molecule has 78 valence electrons. The van der Waals surface area contributed by atoms with Gasteiger partial charge < -0.3 is 15.7 Å². The monoisotopic (exact) mass is 188 g/mol. The lowest BCUT2D eigenvalue weighted by molar-refractivity contribution is -0.131. The molecular weight excluding hydrogens is 168 g/mol. The first-order chi connectivity index (χ1) is 5.93. The van der Waals surface area contributed by atoms with Gasteiger partial charge in [-0.2, -0.15) is 0 Å². The van der Waals surface area contributed by atoms with E-state index in [-0.39, 0.29) is 11.9 Å². The Kier molecular flexibility index (Phi) is 5.66. The number of carbonyl (C=O) groups is 1. The number of rotatable bonds is 5. The number of hydrogen-bond acceptors (Lipinski definition) is 3. The molecule has 0 fully saturated rings. The molecule has 1 amide bonds. The number of likely N-dealkylation sites (N-methyl/N-ethyl adjacent to an activating group) is 1. The summed E-state index contributed by atoms with van der Waals surface area (Å²) in [5.41, 5.74) is 5.52. The van der Waals surface area contributed by atoms with Crippen molar-refractivity contribution in [2.24, 2.45) is 5.73 Å². The number of nitrogens with zero attached hydrogens (tertiary/aromatic N) is 1. The van der Waals surface area contributed by atoms with Crippen LogP contribution in [0.4, 0.5) is 0 Å². The van der Waals surface area contributed by atoms with Gasteiger partial charge in [-0.25, -0.2) is 0 Å². The maximum Gasteiger partial charge on any atom is 0.222 e. The molecule has 0 aliphatic heterocycles. The molecule has 2 unspecified atom stereocenters. The van der Waals surface area contributed by atoms with Crippen LogP contribution in [-0.4, -0.2) is 41.7 Å². The highest BCUT2D eigenvalue weighted by Gasteiger charge is 2.10. The van der Waals surface area contributed by atoms with Crippen LogP contribution in [0.25, 0.3) is 0 Å². The number of amides is 1. The molecule has 0 radical (unpaired) electrons. The highest BCUT2D eigenvalue weighted by molar-refractivity contribution is 5.75. The van der Waals surface area contributed by atoms with E-state index in [1.165, 1.54) is 4.90 Å². The number of aliphatic hydroxyl groups excluding tert-OH is 1. The molecule has 0 saturated heterocycles. The van der Waals surface area contributed by atoms with Gasteiger partial charge in [-0.1, -0.05) is 0 Å². The molecule has 0 aliphatic carbocycles. The normalized spacial score (nSPS) is 15.2. The van der Waals surface area contributed by atoms with Crippen LogP contribution >= 0.6 is 0 Å². The van der Waals surface area contributed by atoms with Gasteiger partial charge in [-0.15, -0.1) is 0 Å². The smallest absolute Gasteiger partial charge is 0.222 e. The lowest BCUT2D eigenvalue weighted by Crippen LogP contribution is -2.33. The van der Waals surface area contributed by atoms with Gasteiger partial charge in [0.15, 0.2) is 0 Å². The van der Waals surface area contributed by atoms with E-state index in [1.54, 1.807) is 14.0 Å². The van der Waals surface area contributed by atoms with Crippen molar-refractivity contribution in [1.82, 2.24) is 4.90 Å². The van der Waals surface area contributed by atoms with E-state index in [2.05, 4.69) is 0 Å². The topological polar surface area (TPSA) is 66.6 Å². The van der Waals surface area contributed by atoms with Gasteiger partial charge in [0.1, 0.15) is 0 Å². The van der Waals surface area contributed by atoms with E-state index >= 15 is 0 Å². The average Bonchev–Trinajstić information content (AvgIpc) is 1.98. The Balaban J connectivity index is 3.69. The van der Waals surface area contributed by atoms with Crippen molar-refractivity contribution in [1.29, 1.82) is 0 Å². The Labute approximate surface area is 79.7 Å². The zero-order valence-corrected chi connectivity index (χ0v) is 8.66. The minimum atomic E-state index is -0.468. The van der Waals surface area contributed by atoms with Crippen LogP contribution < -0.4 is 5.73 Å². The van der Waals surface area contributed by atoms with Crippen LogP contribution in [0, 0.1) is 0 Å². The molecule has 4 nitrogen and oxygen atoms in total. The third-order valence-corrected chi connectivity index (χ3v) is 1.78. The first-order valence-corrected chi connectivity index (χ1v) is 4.61. The summed E-state index contributed by atoms with van der Waals surface area (Å²) in [7, 11) is 1.69. The molecule has 0 saturated carbocycles. The van der Waals surface area contributed by atoms with Crippen LogP contribution in [0.15, 0.2) is 0 Å². The zero-order valence-electron chi connectivity index (χ0n) is 8.66. The van der Waals surface area contributed by atoms with Crippen molar-refractivity contribution < 1.29 is 9.90 Å². The van der Waals surface area contributed by atoms with E-state index in [9.17, 15) is 4.79 Å². The minimum Gasteiger partial charge on any atom is -0.392 e. The van der Waals surface area contributed by atoms with Crippen LogP contribution in [-0.2, 0) is 4.79 Å². The van der Waals surface area contributed by atoms with E-state index in [0.29, 0.717) is 19.4 Å². The summed E-state index contributed by atoms with van der Waals surface area (Å²) in [5.74, 6) is 0.0400. The van der Waals surface area contributed by atoms with Crippen molar-refractivity contribution in [3.05, 3.63) is 0 Å². The Morgan fingerprint density at radius 1 is 1.54 bits per heavy atom. The fourth-order valence-electron chi connectivity index (χ4n) is 1.04. The van der Waals surface area contributed by atoms with E-state index in [0.717, 1.165) is 0 Å². The fourth-order valence-corrected chi connectivity index (χ4v) is 1.04. The Morgan fingerprint density at radius 3 is 2.46 bits per heavy atom. The molecule has 0 aliphatic rings. The van der Waals surface area contributed by atoms with Gasteiger partial charge in [0.2, 0.25) is 5.91 Å². The van der Waals surface area contributed by atoms with Gasteiger partial charge in [0.05, 0.1) is 6.10 Å². The third kappa shape index (κ3) is 6.54. The summed E-state index contributed by atoms with van der Waals surface area (Å²) in [4.78, 5) is 12.9. The van der Waals surface area contributed by atoms with Gasteiger partial charge in [-0.3, -0.25) is 4.79 Å². The number of carbonyl (C=O) groups excluding carboxylic acids is 1. The number of nitrogens with two attached hydrogens (primary N) is 1. The van der Waals surface area contributed by atoms with Crippen molar-refractivity contribution >= 4 is 5.91 Å². The molecule has 0 aromatic heterocycles. The fraction of sp³-hybridized carbons (Fsp3) is 0.889. The first-order valence-electron chi connectivity index (χ1n) is 4.61. The summed E-state index contributed by atoms with van der Waals surface area (Å²) < 4.78 is 0. The lowest BCUT2D eigenvalue weighted by Gasteiger charge is -2.19. The highest BCUT2D eigenvalue weighted by Crippen LogP contribution is 1.99. The van der Waals surface area contributed by atoms with Crippen LogP contribution in [0.1, 0.15) is 26.7 Å². The highest BCUT2D eigenvalue weighted by atomic mass is 16.3. The minimum absolute atomic E-state index is 0.0400. The molecule has 13 heavy (non-hydrogen) atoms. The predicted octanol–water partition coefficient (Wildman–Crippen LogP) is -0.0470. The standard InChI is InChI=1S/C9H20N2O2/c1-7(10)4-5-9(13)11(3)6-8(2)12/h7-8,12H,4-6,10H2,1-3H3. The maximum absolute atomic E-state index is 11.3. The SMILES string of the molecule is CC(N)CCC(=O)N(C)CC(C)O. The van der Waals surface area contributed by atoms with E-state index < -0.39 is 6.10 Å². The summed E-state index contributed by atoms with van der Waals surface area (Å²) in [5, 5.41) is 9.03. The predicted molar refractivity (Wildman–Crippen MR) is 52.2 cm³/mol. The second kappa shape index (κ2) is 5.94. The Morgan fingerprint density at radius 2 is 2.08 bits per heavy atom. The summed E-state index contributed by atoms with van der Waals surface area (Å²) in [6.45, 7) is 3.93. The van der Waals surface area contributed by atoms with Crippen molar-refractivity contribution in [3.8, 4) is 0 Å². The van der Waals surface area contributed by atoms with Crippen molar-refractivity contribution in [2.45, 2.75) is 38.8 Å². The summed E-state index contributed by atoms with van der Waals surface area (Å²) in [6, 6.07) is 0.0592. The van der Waals surface area contributed by atoms with E-state index in [1.807, 2.05) is 6.92 Å². The zero-order chi connectivity index (χ0) is 10.4. The van der Waals surface area contributed by atoms with Gasteiger partial charge >= 0.3 is 0 Å². The average molecular weight is 188 g/mol. The molecule has 0 aromatic rings. The van der Waals surface area contributed by atoms with Gasteiger partial charge in [-0.05, 0) is 20.3 Å². The molecule has 4 heteroatoms. The molecule has 0 heterocycles. The van der Waals surface area contributed by atoms with Crippen molar-refractivity contribution in [3.63, 3.8) is 0 Å². The Hall–Kier alpha value is -0.610. The summed E-state index contributed by atoms with van der Waals surface area (Å²) in [6.07, 6.45) is 0.688. The van der Waals surface area contributed by atoms with Crippen molar-refractivity contribution in [2.75, 3.05) is 13.6 Å². The first kappa shape index (κ1) is 12.4. The van der Waals surface area contributed by atoms with Crippen LogP contribution in [0.5, 0.6) is 0 Å². The molecule has 0 spiro atoms. The lowest BCUT2D eigenvalue weighted by atomic mass is 10.2. The Bertz CT molecular complexity index is 158. The maximum atomic E-state index is 11.3. The number of aliphatic hydroxyl groups is 1. The molecular formula is C9H20N2O2. The molecule has 0 rings (SSSR count). The van der Waals surface area contributed by atoms with Gasteiger partial charge in [0.25, 0.3) is 0 Å². The third-order valence-electron chi connectivity index (χ3n) is 1.78. The quantitative estimate of drug-likeness (QED) is 0.636. The largest absolute Gasteiger partial charge is 0.392 e. The molecule has 0 aromatic carbocycles. The molecule has 2 atom stereocenters. The van der Waals surface area contributed by atoms with Crippen LogP contribution in [0.2, 0.25) is 0 Å². The molecule has 3 N–H and O–H groups in total. The second-order valence-corrected chi connectivity index (χ2v) is 3.64. The summed E-state index contributed by atoms with van der Waals surface area (Å²) >= 11 is 0. The molecule has 0 bridgehead atoms.